The molecule has 0 aliphatic heterocycles. The lowest BCUT2D eigenvalue weighted by molar-refractivity contribution is 0.0784. The molecule has 1 saturated carbocycles. The molecule has 2 heterocycles. The Labute approximate surface area is 158 Å². The Kier molecular flexibility index (Phi) is 4.48. The van der Waals surface area contributed by atoms with Crippen molar-refractivity contribution in [2.75, 3.05) is 14.2 Å². The zero-order valence-electron chi connectivity index (χ0n) is 15.8. The monoisotopic (exact) mass is 362 g/mol. The molecule has 0 spiro atoms. The highest BCUT2D eigenvalue weighted by molar-refractivity contribution is 5.95. The molecule has 1 fully saturated rings. The molecular formula is C21H22N4O2. The Morgan fingerprint density at radius 3 is 2.78 bits per heavy atom. The summed E-state index contributed by atoms with van der Waals surface area (Å²) in [5.74, 6) is 1.98. The van der Waals surface area contributed by atoms with Gasteiger partial charge < -0.3 is 9.64 Å². The van der Waals surface area contributed by atoms with Crippen molar-refractivity contribution in [3.05, 3.63) is 59.3 Å². The van der Waals surface area contributed by atoms with Crippen molar-refractivity contribution < 1.29 is 9.53 Å². The number of aromatic nitrogens is 3. The van der Waals surface area contributed by atoms with Gasteiger partial charge in [0.1, 0.15) is 17.1 Å². The Morgan fingerprint density at radius 1 is 1.26 bits per heavy atom. The third kappa shape index (κ3) is 3.35. The largest absolute Gasteiger partial charge is 0.494 e. The second-order valence-electron chi connectivity index (χ2n) is 6.99. The van der Waals surface area contributed by atoms with Crippen LogP contribution in [0.25, 0.3) is 10.9 Å². The summed E-state index contributed by atoms with van der Waals surface area (Å²) in [6, 6.07) is 7.76. The molecule has 1 amide bonds. The van der Waals surface area contributed by atoms with E-state index < -0.39 is 0 Å². The number of fused-ring (bicyclic) bond motifs is 1. The van der Waals surface area contributed by atoms with Gasteiger partial charge in [-0.1, -0.05) is 12.1 Å². The van der Waals surface area contributed by atoms with Crippen LogP contribution >= 0.6 is 0 Å². The summed E-state index contributed by atoms with van der Waals surface area (Å²) in [5.41, 5.74) is 3.11. The van der Waals surface area contributed by atoms with Crippen molar-refractivity contribution in [2.24, 2.45) is 0 Å². The molecule has 0 radical (unpaired) electrons. The summed E-state index contributed by atoms with van der Waals surface area (Å²) in [7, 11) is 3.43. The highest BCUT2D eigenvalue weighted by Crippen LogP contribution is 2.38. The van der Waals surface area contributed by atoms with E-state index in [1.165, 1.54) is 0 Å². The van der Waals surface area contributed by atoms with Gasteiger partial charge in [0.25, 0.3) is 5.91 Å². The van der Waals surface area contributed by atoms with Crippen LogP contribution < -0.4 is 4.74 Å². The standard InChI is InChI=1S/C21H22N4O2/c1-13-17(11-23-20(24-13)14-6-7-14)21(26)25(2)12-15-8-9-18(27-3)19-16(15)5-4-10-22-19/h4-5,8-11,14H,6-7,12H2,1-3H3. The van der Waals surface area contributed by atoms with Crippen LogP contribution in [0.3, 0.4) is 0 Å². The van der Waals surface area contributed by atoms with Gasteiger partial charge in [-0.3, -0.25) is 9.78 Å². The molecule has 1 aromatic carbocycles. The molecule has 1 aliphatic carbocycles. The van der Waals surface area contributed by atoms with Crippen molar-refractivity contribution in [3.8, 4) is 5.75 Å². The minimum atomic E-state index is -0.0808. The molecule has 0 atom stereocenters. The van der Waals surface area contributed by atoms with Gasteiger partial charge in [-0.05, 0) is 37.5 Å². The molecule has 0 N–H and O–H groups in total. The smallest absolute Gasteiger partial charge is 0.257 e. The van der Waals surface area contributed by atoms with E-state index in [-0.39, 0.29) is 5.91 Å². The van der Waals surface area contributed by atoms with Gasteiger partial charge in [-0.15, -0.1) is 0 Å². The lowest BCUT2D eigenvalue weighted by Gasteiger charge is -2.19. The predicted octanol–water partition coefficient (Wildman–Crippen LogP) is 3.49. The number of benzene rings is 1. The van der Waals surface area contributed by atoms with E-state index in [0.717, 1.165) is 46.6 Å². The molecule has 0 bridgehead atoms. The zero-order chi connectivity index (χ0) is 19.0. The highest BCUT2D eigenvalue weighted by atomic mass is 16.5. The third-order valence-electron chi connectivity index (χ3n) is 4.97. The molecule has 2 aromatic heterocycles. The van der Waals surface area contributed by atoms with Gasteiger partial charge in [0.05, 0.1) is 18.4 Å². The maximum Gasteiger partial charge on any atom is 0.257 e. The number of rotatable bonds is 5. The van der Waals surface area contributed by atoms with E-state index in [9.17, 15) is 4.79 Å². The number of ether oxygens (including phenoxy) is 1. The lowest BCUT2D eigenvalue weighted by atomic mass is 10.1. The molecule has 138 valence electrons. The number of carbonyl (C=O) groups is 1. The Bertz CT molecular complexity index is 1010. The SMILES string of the molecule is COc1ccc(CN(C)C(=O)c2cnc(C3CC3)nc2C)c2cccnc12. The summed E-state index contributed by atoms with van der Waals surface area (Å²) in [4.78, 5) is 28.0. The average Bonchev–Trinajstić information content (AvgIpc) is 3.53. The number of pyridine rings is 1. The Hall–Kier alpha value is -3.02. The first kappa shape index (κ1) is 17.4. The number of hydrogen-bond acceptors (Lipinski definition) is 5. The number of hydrogen-bond donors (Lipinski definition) is 0. The zero-order valence-corrected chi connectivity index (χ0v) is 15.8. The van der Waals surface area contributed by atoms with Crippen molar-refractivity contribution in [1.29, 1.82) is 0 Å². The molecule has 3 aromatic rings. The molecule has 27 heavy (non-hydrogen) atoms. The van der Waals surface area contributed by atoms with Gasteiger partial charge in [0, 0.05) is 37.3 Å². The predicted molar refractivity (Wildman–Crippen MR) is 103 cm³/mol. The Balaban J connectivity index is 1.60. The number of carbonyl (C=O) groups excluding carboxylic acids is 1. The maximum atomic E-state index is 12.9. The molecule has 1 aliphatic rings. The average molecular weight is 362 g/mol. The van der Waals surface area contributed by atoms with Crippen LogP contribution in [-0.2, 0) is 6.54 Å². The van der Waals surface area contributed by atoms with Crippen LogP contribution in [0.2, 0.25) is 0 Å². The summed E-state index contributed by atoms with van der Waals surface area (Å²) >= 11 is 0. The fourth-order valence-corrected chi connectivity index (χ4v) is 3.27. The van der Waals surface area contributed by atoms with Crippen LogP contribution in [0.5, 0.6) is 5.75 Å². The van der Waals surface area contributed by atoms with Gasteiger partial charge in [0.2, 0.25) is 0 Å². The van der Waals surface area contributed by atoms with E-state index >= 15 is 0 Å². The van der Waals surface area contributed by atoms with E-state index in [4.69, 9.17) is 4.74 Å². The van der Waals surface area contributed by atoms with Crippen LogP contribution in [0.4, 0.5) is 0 Å². The summed E-state index contributed by atoms with van der Waals surface area (Å²) < 4.78 is 5.40. The third-order valence-corrected chi connectivity index (χ3v) is 4.97. The van der Waals surface area contributed by atoms with Crippen molar-refractivity contribution >= 4 is 16.8 Å². The fourth-order valence-electron chi connectivity index (χ4n) is 3.27. The normalized spacial score (nSPS) is 13.6. The quantitative estimate of drug-likeness (QED) is 0.695. The number of methoxy groups -OCH3 is 1. The second-order valence-corrected chi connectivity index (χ2v) is 6.99. The summed E-state index contributed by atoms with van der Waals surface area (Å²) in [6.45, 7) is 2.34. The molecule has 6 heteroatoms. The minimum absolute atomic E-state index is 0.0808. The molecule has 0 saturated heterocycles. The summed E-state index contributed by atoms with van der Waals surface area (Å²) in [5, 5.41) is 0.980. The molecule has 6 nitrogen and oxygen atoms in total. The fraction of sp³-hybridized carbons (Fsp3) is 0.333. The maximum absolute atomic E-state index is 12.9. The number of nitrogens with zero attached hydrogens (tertiary/aromatic N) is 4. The first-order chi connectivity index (χ1) is 13.1. The molecular weight excluding hydrogens is 340 g/mol. The first-order valence-corrected chi connectivity index (χ1v) is 9.08. The van der Waals surface area contributed by atoms with Crippen molar-refractivity contribution in [2.45, 2.75) is 32.2 Å². The van der Waals surface area contributed by atoms with Crippen LogP contribution in [0, 0.1) is 6.92 Å². The minimum Gasteiger partial charge on any atom is -0.494 e. The topological polar surface area (TPSA) is 68.2 Å². The van der Waals surface area contributed by atoms with Crippen LogP contribution in [0.15, 0.2) is 36.7 Å². The van der Waals surface area contributed by atoms with Crippen LogP contribution in [-0.4, -0.2) is 39.9 Å². The van der Waals surface area contributed by atoms with Gasteiger partial charge >= 0.3 is 0 Å². The van der Waals surface area contributed by atoms with Crippen molar-refractivity contribution in [1.82, 2.24) is 19.9 Å². The van der Waals surface area contributed by atoms with Gasteiger partial charge in [-0.25, -0.2) is 9.97 Å². The van der Waals surface area contributed by atoms with Crippen LogP contribution in [0.1, 0.15) is 46.2 Å². The van der Waals surface area contributed by atoms with E-state index in [1.807, 2.05) is 31.2 Å². The van der Waals surface area contributed by atoms with Crippen molar-refractivity contribution in [3.63, 3.8) is 0 Å². The first-order valence-electron chi connectivity index (χ1n) is 9.08. The number of aryl methyl sites for hydroxylation is 1. The number of amides is 1. The van der Waals surface area contributed by atoms with Gasteiger partial charge in [-0.2, -0.15) is 0 Å². The molecule has 4 rings (SSSR count). The Morgan fingerprint density at radius 2 is 2.07 bits per heavy atom. The lowest BCUT2D eigenvalue weighted by Crippen LogP contribution is -2.27. The van der Waals surface area contributed by atoms with E-state index in [1.54, 1.807) is 31.5 Å². The highest BCUT2D eigenvalue weighted by Gasteiger charge is 2.27. The van der Waals surface area contributed by atoms with E-state index in [2.05, 4.69) is 15.0 Å². The van der Waals surface area contributed by atoms with E-state index in [0.29, 0.717) is 18.0 Å². The summed E-state index contributed by atoms with van der Waals surface area (Å²) in [6.07, 6.45) is 5.70. The van der Waals surface area contributed by atoms with Gasteiger partial charge in [0.15, 0.2) is 0 Å². The second kappa shape index (κ2) is 6.95. The molecule has 0 unspecified atom stereocenters.